The first-order valence-corrected chi connectivity index (χ1v) is 9.47. The summed E-state index contributed by atoms with van der Waals surface area (Å²) in [5.41, 5.74) is 2.82. The van der Waals surface area contributed by atoms with Gasteiger partial charge in [0.25, 0.3) is 11.7 Å². The van der Waals surface area contributed by atoms with Crippen LogP contribution in [0.5, 0.6) is 0 Å². The number of aromatic nitrogens is 1. The van der Waals surface area contributed by atoms with Crippen LogP contribution in [0.3, 0.4) is 0 Å². The molecule has 1 fully saturated rings. The van der Waals surface area contributed by atoms with Crippen LogP contribution in [0.2, 0.25) is 5.02 Å². The maximum Gasteiger partial charge on any atom is 0.296 e. The summed E-state index contributed by atoms with van der Waals surface area (Å²) < 4.78 is 0. The van der Waals surface area contributed by atoms with E-state index in [1.165, 1.54) is 19.3 Å². The predicted molar refractivity (Wildman–Crippen MR) is 109 cm³/mol. The van der Waals surface area contributed by atoms with E-state index in [4.69, 9.17) is 11.6 Å². The number of anilines is 2. The van der Waals surface area contributed by atoms with Crippen LogP contribution in [0.4, 0.5) is 11.4 Å². The molecule has 2 aromatic carbocycles. The van der Waals surface area contributed by atoms with Crippen LogP contribution in [-0.4, -0.2) is 29.8 Å². The maximum absolute atomic E-state index is 12.6. The van der Waals surface area contributed by atoms with Gasteiger partial charge in [-0.2, -0.15) is 0 Å². The second-order valence-electron chi connectivity index (χ2n) is 6.77. The van der Waals surface area contributed by atoms with Crippen molar-refractivity contribution < 1.29 is 9.59 Å². The highest BCUT2D eigenvalue weighted by atomic mass is 35.5. The van der Waals surface area contributed by atoms with Gasteiger partial charge < -0.3 is 15.2 Å². The van der Waals surface area contributed by atoms with E-state index in [1.807, 2.05) is 24.3 Å². The first-order chi connectivity index (χ1) is 13.1. The fraction of sp³-hybridized carbons (Fsp3) is 0.238. The molecule has 0 atom stereocenters. The van der Waals surface area contributed by atoms with E-state index in [0.29, 0.717) is 21.7 Å². The molecule has 1 aromatic heterocycles. The van der Waals surface area contributed by atoms with Crippen molar-refractivity contribution in [3.05, 3.63) is 59.2 Å². The zero-order valence-electron chi connectivity index (χ0n) is 14.8. The summed E-state index contributed by atoms with van der Waals surface area (Å²) in [4.78, 5) is 30.3. The Morgan fingerprint density at radius 2 is 1.74 bits per heavy atom. The van der Waals surface area contributed by atoms with Crippen LogP contribution < -0.4 is 10.2 Å². The lowest BCUT2D eigenvalue weighted by atomic mass is 10.1. The highest BCUT2D eigenvalue weighted by Crippen LogP contribution is 2.24. The predicted octanol–water partition coefficient (Wildman–Crippen LogP) is 4.63. The number of carbonyl (C=O) groups is 2. The van der Waals surface area contributed by atoms with Crippen molar-refractivity contribution in [1.82, 2.24) is 4.98 Å². The van der Waals surface area contributed by atoms with Gasteiger partial charge in [0.05, 0.1) is 5.56 Å². The lowest BCUT2D eigenvalue weighted by molar-refractivity contribution is -0.112. The minimum atomic E-state index is -0.656. The molecular weight excluding hydrogens is 362 g/mol. The van der Waals surface area contributed by atoms with Crippen LogP contribution in [0, 0.1) is 0 Å². The molecule has 0 spiro atoms. The minimum Gasteiger partial charge on any atom is -0.372 e. The van der Waals surface area contributed by atoms with Crippen molar-refractivity contribution in [3.63, 3.8) is 0 Å². The molecular formula is C21H20ClN3O2. The Bertz CT molecular complexity index is 988. The number of benzene rings is 2. The molecule has 1 saturated heterocycles. The van der Waals surface area contributed by atoms with Gasteiger partial charge >= 0.3 is 0 Å². The van der Waals surface area contributed by atoms with Gasteiger partial charge in [0, 0.05) is 46.6 Å². The number of carbonyl (C=O) groups excluding carboxylic acids is 2. The number of H-pyrrole nitrogens is 1. The van der Waals surface area contributed by atoms with Crippen molar-refractivity contribution >= 4 is 45.6 Å². The van der Waals surface area contributed by atoms with E-state index < -0.39 is 11.7 Å². The smallest absolute Gasteiger partial charge is 0.296 e. The number of rotatable bonds is 4. The van der Waals surface area contributed by atoms with Gasteiger partial charge in [0.2, 0.25) is 0 Å². The summed E-state index contributed by atoms with van der Waals surface area (Å²) in [6, 6.07) is 12.8. The quantitative estimate of drug-likeness (QED) is 0.511. The minimum absolute atomic E-state index is 0.337. The third-order valence-corrected chi connectivity index (χ3v) is 5.18. The largest absolute Gasteiger partial charge is 0.372 e. The number of Topliss-reactive ketones (excluding diaryl/α,β-unsaturated/α-hetero) is 1. The molecule has 138 valence electrons. The Morgan fingerprint density at radius 1 is 1.00 bits per heavy atom. The van der Waals surface area contributed by atoms with Gasteiger partial charge in [-0.1, -0.05) is 17.7 Å². The number of fused-ring (bicyclic) bond motifs is 1. The number of hydrogen-bond donors (Lipinski definition) is 2. The maximum atomic E-state index is 12.6. The van der Waals surface area contributed by atoms with Gasteiger partial charge in [-0.25, -0.2) is 0 Å². The van der Waals surface area contributed by atoms with Crippen molar-refractivity contribution in [2.24, 2.45) is 0 Å². The Kier molecular flexibility index (Phi) is 4.86. The van der Waals surface area contributed by atoms with Gasteiger partial charge in [-0.3, -0.25) is 9.59 Å². The molecule has 0 unspecified atom stereocenters. The summed E-state index contributed by atoms with van der Waals surface area (Å²) in [5, 5.41) is 3.94. The molecule has 0 radical (unpaired) electrons. The second-order valence-corrected chi connectivity index (χ2v) is 7.21. The van der Waals surface area contributed by atoms with Crippen molar-refractivity contribution in [2.45, 2.75) is 19.3 Å². The molecule has 6 heteroatoms. The normalized spacial score (nSPS) is 14.3. The Labute approximate surface area is 162 Å². The standard InChI is InChI=1S/C21H20ClN3O2/c22-14-4-9-17-18(13-23-19(17)12-14)20(26)21(27)24-15-5-7-16(8-6-15)25-10-2-1-3-11-25/h4-9,12-13,23H,1-3,10-11H2,(H,24,27). The zero-order chi connectivity index (χ0) is 18.8. The van der Waals surface area contributed by atoms with Crippen molar-refractivity contribution in [2.75, 3.05) is 23.3 Å². The molecule has 0 saturated carbocycles. The lowest BCUT2D eigenvalue weighted by Gasteiger charge is -2.28. The number of nitrogens with zero attached hydrogens (tertiary/aromatic N) is 1. The molecule has 5 nitrogen and oxygen atoms in total. The lowest BCUT2D eigenvalue weighted by Crippen LogP contribution is -2.29. The Morgan fingerprint density at radius 3 is 2.48 bits per heavy atom. The van der Waals surface area contributed by atoms with Gasteiger partial charge in [0.1, 0.15) is 0 Å². The monoisotopic (exact) mass is 381 g/mol. The summed E-state index contributed by atoms with van der Waals surface area (Å²) in [6.07, 6.45) is 5.25. The van der Waals surface area contributed by atoms with Crippen LogP contribution in [0.15, 0.2) is 48.7 Å². The van der Waals surface area contributed by atoms with E-state index in [0.717, 1.165) is 24.3 Å². The first kappa shape index (κ1) is 17.6. The average molecular weight is 382 g/mol. The SMILES string of the molecule is O=C(Nc1ccc(N2CCCCC2)cc1)C(=O)c1c[nH]c2cc(Cl)ccc12. The summed E-state index contributed by atoms with van der Waals surface area (Å²) in [5.74, 6) is -1.24. The van der Waals surface area contributed by atoms with Crippen molar-refractivity contribution in [3.8, 4) is 0 Å². The third kappa shape index (κ3) is 3.69. The number of aromatic amines is 1. The molecule has 27 heavy (non-hydrogen) atoms. The van der Waals surface area contributed by atoms with Gasteiger partial charge in [-0.15, -0.1) is 0 Å². The molecule has 1 aliphatic rings. The molecule has 0 aliphatic carbocycles. The van der Waals surface area contributed by atoms with Gasteiger partial charge in [0.15, 0.2) is 0 Å². The summed E-state index contributed by atoms with van der Waals surface area (Å²) in [6.45, 7) is 2.13. The average Bonchev–Trinajstić information content (AvgIpc) is 3.11. The second kappa shape index (κ2) is 7.45. The molecule has 2 N–H and O–H groups in total. The van der Waals surface area contributed by atoms with Crippen LogP contribution in [-0.2, 0) is 4.79 Å². The van der Waals surface area contributed by atoms with E-state index in [1.54, 1.807) is 24.4 Å². The molecule has 1 aliphatic heterocycles. The van der Waals surface area contributed by atoms with Crippen molar-refractivity contribution in [1.29, 1.82) is 0 Å². The molecule has 1 amide bonds. The highest BCUT2D eigenvalue weighted by Gasteiger charge is 2.20. The molecule has 3 aromatic rings. The Hall–Kier alpha value is -2.79. The highest BCUT2D eigenvalue weighted by molar-refractivity contribution is 6.48. The Balaban J connectivity index is 1.47. The number of ketones is 1. The summed E-state index contributed by atoms with van der Waals surface area (Å²) >= 11 is 5.96. The van der Waals surface area contributed by atoms with E-state index in [2.05, 4.69) is 15.2 Å². The first-order valence-electron chi connectivity index (χ1n) is 9.09. The van der Waals surface area contributed by atoms with Gasteiger partial charge in [-0.05, 0) is 55.7 Å². The molecule has 4 rings (SSSR count). The topological polar surface area (TPSA) is 65.2 Å². The number of halogens is 1. The summed E-state index contributed by atoms with van der Waals surface area (Å²) in [7, 11) is 0. The number of hydrogen-bond acceptors (Lipinski definition) is 3. The third-order valence-electron chi connectivity index (χ3n) is 4.94. The van der Waals surface area contributed by atoms with E-state index in [-0.39, 0.29) is 0 Å². The fourth-order valence-corrected chi connectivity index (χ4v) is 3.68. The number of amides is 1. The number of nitrogens with one attached hydrogen (secondary N) is 2. The zero-order valence-corrected chi connectivity index (χ0v) is 15.6. The number of piperidine rings is 1. The van der Waals surface area contributed by atoms with E-state index in [9.17, 15) is 9.59 Å². The molecule has 0 bridgehead atoms. The van der Waals surface area contributed by atoms with Crippen LogP contribution in [0.1, 0.15) is 29.6 Å². The molecule has 2 heterocycles. The fourth-order valence-electron chi connectivity index (χ4n) is 3.50. The van der Waals surface area contributed by atoms with Crippen LogP contribution in [0.25, 0.3) is 10.9 Å². The van der Waals surface area contributed by atoms with E-state index >= 15 is 0 Å². The van der Waals surface area contributed by atoms with Crippen LogP contribution >= 0.6 is 11.6 Å².